The minimum Gasteiger partial charge on any atom is -0.497 e. The van der Waals surface area contributed by atoms with Crippen molar-refractivity contribution in [3.05, 3.63) is 63.6 Å². The number of aromatic nitrogens is 4. The van der Waals surface area contributed by atoms with Crippen molar-refractivity contribution in [2.24, 2.45) is 0 Å². The van der Waals surface area contributed by atoms with E-state index in [1.807, 2.05) is 31.2 Å². The van der Waals surface area contributed by atoms with Gasteiger partial charge in [0.15, 0.2) is 5.82 Å². The van der Waals surface area contributed by atoms with Gasteiger partial charge in [0.05, 0.1) is 12.8 Å². The number of hydrogen-bond acceptors (Lipinski definition) is 5. The van der Waals surface area contributed by atoms with Gasteiger partial charge in [-0.2, -0.15) is 14.9 Å². The van der Waals surface area contributed by atoms with E-state index in [4.69, 9.17) is 4.74 Å². The number of methoxy groups -OCH3 is 1. The van der Waals surface area contributed by atoms with Gasteiger partial charge in [-0.3, -0.25) is 9.59 Å². The molecule has 4 rings (SSSR count). The Labute approximate surface area is 148 Å². The summed E-state index contributed by atoms with van der Waals surface area (Å²) in [6.45, 7) is 1.90. The molecule has 1 amide bonds. The minimum atomic E-state index is -0.299. The highest BCUT2D eigenvalue weighted by Gasteiger charge is 2.32. The second kappa shape index (κ2) is 6.14. The molecule has 0 bridgehead atoms. The highest BCUT2D eigenvalue weighted by molar-refractivity contribution is 5.95. The zero-order chi connectivity index (χ0) is 18.3. The first kappa shape index (κ1) is 16.1. The molecule has 1 atom stereocenters. The van der Waals surface area contributed by atoms with Gasteiger partial charge >= 0.3 is 0 Å². The van der Waals surface area contributed by atoms with Crippen LogP contribution in [0.2, 0.25) is 0 Å². The molecule has 132 valence electrons. The Kier molecular flexibility index (Phi) is 3.80. The average Bonchev–Trinajstić information content (AvgIpc) is 2.98. The predicted octanol–water partition coefficient (Wildman–Crippen LogP) is 1.75. The first-order valence-electron chi connectivity index (χ1n) is 8.16. The molecule has 0 aliphatic carbocycles. The summed E-state index contributed by atoms with van der Waals surface area (Å²) >= 11 is 0. The van der Waals surface area contributed by atoms with Gasteiger partial charge in [-0.15, -0.1) is 0 Å². The van der Waals surface area contributed by atoms with Crippen molar-refractivity contribution in [3.8, 4) is 11.6 Å². The van der Waals surface area contributed by atoms with E-state index in [-0.39, 0.29) is 17.4 Å². The third kappa shape index (κ3) is 2.65. The maximum atomic E-state index is 12.3. The molecule has 0 saturated carbocycles. The number of nitrogens with zero attached hydrogens (tertiary/aromatic N) is 3. The smallest absolute Gasteiger partial charge is 0.264 e. The van der Waals surface area contributed by atoms with E-state index in [0.717, 1.165) is 22.6 Å². The number of carbonyl (C=O) groups is 1. The van der Waals surface area contributed by atoms with Crippen LogP contribution in [0.3, 0.4) is 0 Å². The number of carbonyl (C=O) groups excluding carboxylic acids is 1. The van der Waals surface area contributed by atoms with Gasteiger partial charge in [0, 0.05) is 24.0 Å². The maximum absolute atomic E-state index is 12.3. The van der Waals surface area contributed by atoms with Gasteiger partial charge in [-0.25, -0.2) is 5.10 Å². The van der Waals surface area contributed by atoms with Crippen LogP contribution in [-0.4, -0.2) is 33.0 Å². The molecule has 1 aromatic carbocycles. The van der Waals surface area contributed by atoms with Gasteiger partial charge in [0.25, 0.3) is 5.56 Å². The van der Waals surface area contributed by atoms with Crippen LogP contribution in [0.4, 0.5) is 5.82 Å². The lowest BCUT2D eigenvalue weighted by molar-refractivity contribution is -0.116. The van der Waals surface area contributed by atoms with Gasteiger partial charge in [-0.05, 0) is 30.7 Å². The summed E-state index contributed by atoms with van der Waals surface area (Å²) in [6, 6.07) is 10.6. The van der Waals surface area contributed by atoms with Crippen LogP contribution in [0.1, 0.15) is 29.2 Å². The standard InChI is InChI=1S/C18H17N5O3/c1-10-17-13(11-3-5-12(26-2)6-4-11)9-16(25)19-18(17)23(22-10)14-7-8-15(24)21-20-14/h3-8,13H,9H2,1-2H3,(H,19,25)(H,21,24). The zero-order valence-corrected chi connectivity index (χ0v) is 14.3. The summed E-state index contributed by atoms with van der Waals surface area (Å²) in [5.41, 5.74) is 2.46. The first-order valence-corrected chi connectivity index (χ1v) is 8.16. The fraction of sp³-hybridized carbons (Fsp3) is 0.222. The number of H-pyrrole nitrogens is 1. The van der Waals surface area contributed by atoms with E-state index in [0.29, 0.717) is 18.1 Å². The molecule has 1 aliphatic rings. The van der Waals surface area contributed by atoms with Crippen LogP contribution in [0.15, 0.2) is 41.2 Å². The number of fused-ring (bicyclic) bond motifs is 1. The molecule has 1 unspecified atom stereocenters. The summed E-state index contributed by atoms with van der Waals surface area (Å²) in [6.07, 6.45) is 0.338. The molecule has 2 aromatic heterocycles. The average molecular weight is 351 g/mol. The fourth-order valence-corrected chi connectivity index (χ4v) is 3.29. The van der Waals surface area contributed by atoms with E-state index in [1.54, 1.807) is 17.9 Å². The molecule has 8 nitrogen and oxygen atoms in total. The zero-order valence-electron chi connectivity index (χ0n) is 14.3. The third-order valence-electron chi connectivity index (χ3n) is 4.50. The van der Waals surface area contributed by atoms with E-state index < -0.39 is 0 Å². The molecule has 0 radical (unpaired) electrons. The number of aromatic amines is 1. The minimum absolute atomic E-state index is 0.0936. The van der Waals surface area contributed by atoms with Gasteiger partial charge in [0.1, 0.15) is 11.6 Å². The highest BCUT2D eigenvalue weighted by Crippen LogP contribution is 2.40. The van der Waals surface area contributed by atoms with Crippen LogP contribution in [0, 0.1) is 6.92 Å². The second-order valence-corrected chi connectivity index (χ2v) is 6.12. The number of amides is 1. The van der Waals surface area contributed by atoms with Crippen molar-refractivity contribution in [2.45, 2.75) is 19.3 Å². The molecule has 0 spiro atoms. The summed E-state index contributed by atoms with van der Waals surface area (Å²) in [7, 11) is 1.62. The van der Waals surface area contributed by atoms with E-state index in [9.17, 15) is 9.59 Å². The normalized spacial score (nSPS) is 16.1. The van der Waals surface area contributed by atoms with Gasteiger partial charge in [-0.1, -0.05) is 12.1 Å². The molecule has 1 aliphatic heterocycles. The number of hydrogen-bond donors (Lipinski definition) is 2. The Morgan fingerprint density at radius 3 is 2.58 bits per heavy atom. The molecule has 3 heterocycles. The molecular formula is C18H17N5O3. The van der Waals surface area contributed by atoms with Crippen molar-refractivity contribution in [3.63, 3.8) is 0 Å². The van der Waals surface area contributed by atoms with Crippen LogP contribution >= 0.6 is 0 Å². The van der Waals surface area contributed by atoms with Crippen molar-refractivity contribution in [1.29, 1.82) is 0 Å². The SMILES string of the molecule is COc1ccc(C2CC(=O)Nc3c2c(C)nn3-c2ccc(=O)[nH]n2)cc1. The Hall–Kier alpha value is -3.42. The largest absolute Gasteiger partial charge is 0.497 e. The summed E-state index contributed by atoms with van der Waals surface area (Å²) in [5, 5.41) is 13.8. The molecule has 3 aromatic rings. The Balaban J connectivity index is 1.83. The summed E-state index contributed by atoms with van der Waals surface area (Å²) in [5.74, 6) is 1.58. The molecule has 26 heavy (non-hydrogen) atoms. The van der Waals surface area contributed by atoms with Gasteiger partial charge < -0.3 is 10.1 Å². The topological polar surface area (TPSA) is 102 Å². The van der Waals surface area contributed by atoms with Crippen LogP contribution < -0.4 is 15.6 Å². The lowest BCUT2D eigenvalue weighted by Gasteiger charge is -2.24. The summed E-state index contributed by atoms with van der Waals surface area (Å²) in [4.78, 5) is 23.6. The van der Waals surface area contributed by atoms with E-state index >= 15 is 0 Å². The summed E-state index contributed by atoms with van der Waals surface area (Å²) < 4.78 is 6.76. The molecule has 8 heteroatoms. The van der Waals surface area contributed by atoms with E-state index in [2.05, 4.69) is 20.6 Å². The van der Waals surface area contributed by atoms with Gasteiger partial charge in [0.2, 0.25) is 5.91 Å². The fourth-order valence-electron chi connectivity index (χ4n) is 3.29. The first-order chi connectivity index (χ1) is 12.6. The quantitative estimate of drug-likeness (QED) is 0.748. The highest BCUT2D eigenvalue weighted by atomic mass is 16.5. The van der Waals surface area contributed by atoms with Crippen molar-refractivity contribution in [1.82, 2.24) is 20.0 Å². The van der Waals surface area contributed by atoms with Crippen molar-refractivity contribution >= 4 is 11.7 Å². The number of rotatable bonds is 3. The number of anilines is 1. The number of nitrogens with one attached hydrogen (secondary N) is 2. The van der Waals surface area contributed by atoms with Crippen molar-refractivity contribution in [2.75, 3.05) is 12.4 Å². The molecule has 2 N–H and O–H groups in total. The number of ether oxygens (including phenoxy) is 1. The second-order valence-electron chi connectivity index (χ2n) is 6.12. The van der Waals surface area contributed by atoms with E-state index in [1.165, 1.54) is 6.07 Å². The molecule has 0 fully saturated rings. The van der Waals surface area contributed by atoms with Crippen molar-refractivity contribution < 1.29 is 9.53 Å². The third-order valence-corrected chi connectivity index (χ3v) is 4.50. The lowest BCUT2D eigenvalue weighted by atomic mass is 9.86. The monoisotopic (exact) mass is 351 g/mol. The Morgan fingerprint density at radius 1 is 1.15 bits per heavy atom. The Morgan fingerprint density at radius 2 is 1.92 bits per heavy atom. The van der Waals surface area contributed by atoms with Crippen LogP contribution in [0.5, 0.6) is 5.75 Å². The predicted molar refractivity (Wildman–Crippen MR) is 94.8 cm³/mol. The van der Waals surface area contributed by atoms with Crippen LogP contribution in [0.25, 0.3) is 5.82 Å². The molecule has 0 saturated heterocycles. The maximum Gasteiger partial charge on any atom is 0.264 e. The molecular weight excluding hydrogens is 334 g/mol. The van der Waals surface area contributed by atoms with Crippen LogP contribution in [-0.2, 0) is 4.79 Å². The number of aryl methyl sites for hydroxylation is 1. The Bertz CT molecular complexity index is 1020. The number of benzene rings is 1. The lowest BCUT2D eigenvalue weighted by Crippen LogP contribution is -2.25.